The molecule has 4 heteroatoms. The lowest BCUT2D eigenvalue weighted by Gasteiger charge is -2.09. The normalized spacial score (nSPS) is 17.2. The maximum Gasteiger partial charge on any atom is 0.416 e. The van der Waals surface area contributed by atoms with Crippen molar-refractivity contribution in [2.75, 3.05) is 0 Å². The summed E-state index contributed by atoms with van der Waals surface area (Å²) in [6, 6.07) is 0. The molecule has 1 aliphatic carbocycles. The Morgan fingerprint density at radius 2 is 1.82 bits per heavy atom. The fourth-order valence-electron chi connectivity index (χ4n) is 0.824. The van der Waals surface area contributed by atoms with E-state index >= 15 is 0 Å². The van der Waals surface area contributed by atoms with Crippen molar-refractivity contribution in [2.45, 2.75) is 19.0 Å². The molecule has 0 nitrogen and oxygen atoms in total. The largest absolute Gasteiger partial charge is 0.416 e. The van der Waals surface area contributed by atoms with Crippen molar-refractivity contribution in [2.24, 2.45) is 0 Å². The molecule has 0 fully saturated rings. The highest BCUT2D eigenvalue weighted by Crippen LogP contribution is 2.28. The highest BCUT2D eigenvalue weighted by atomic mass is 35.5. The van der Waals surface area contributed by atoms with Crippen LogP contribution in [0.25, 0.3) is 0 Å². The summed E-state index contributed by atoms with van der Waals surface area (Å²) in [6.07, 6.45) is 0.966. The predicted octanol–water partition coefficient (Wildman–Crippen LogP) is 3.25. The van der Waals surface area contributed by atoms with Gasteiger partial charge in [-0.2, -0.15) is 13.2 Å². The Morgan fingerprint density at radius 3 is 2.09 bits per heavy atom. The lowest BCUT2D eigenvalue weighted by Crippen LogP contribution is -2.10. The summed E-state index contributed by atoms with van der Waals surface area (Å²) in [7, 11) is 0. The molecule has 0 saturated carbocycles. The molecular weight excluding hydrogens is 177 g/mol. The minimum absolute atomic E-state index is 0. The van der Waals surface area contributed by atoms with Crippen LogP contribution in [0.2, 0.25) is 0 Å². The maximum atomic E-state index is 11.8. The lowest BCUT2D eigenvalue weighted by molar-refractivity contribution is -0.0886. The van der Waals surface area contributed by atoms with Crippen molar-refractivity contribution < 1.29 is 13.2 Å². The standard InChI is InChI=1S/C7H7F3.ClH/c8-7(9,10)6-4-2-1-3-5-6;/h2,4-5H,1,3H2;1H. The first-order chi connectivity index (χ1) is 4.61. The fourth-order valence-corrected chi connectivity index (χ4v) is 0.824. The molecule has 0 aromatic heterocycles. The van der Waals surface area contributed by atoms with Crippen LogP contribution in [0.15, 0.2) is 23.8 Å². The van der Waals surface area contributed by atoms with Crippen molar-refractivity contribution in [3.63, 3.8) is 0 Å². The van der Waals surface area contributed by atoms with Crippen LogP contribution < -0.4 is 0 Å². The lowest BCUT2D eigenvalue weighted by atomic mass is 10.1. The van der Waals surface area contributed by atoms with E-state index in [1.807, 2.05) is 0 Å². The molecule has 64 valence electrons. The molecule has 1 rings (SSSR count). The third-order valence-corrected chi connectivity index (χ3v) is 1.32. The molecule has 0 heterocycles. The quantitative estimate of drug-likeness (QED) is 0.542. The molecule has 0 aliphatic heterocycles. The summed E-state index contributed by atoms with van der Waals surface area (Å²) in [5.41, 5.74) is -0.515. The summed E-state index contributed by atoms with van der Waals surface area (Å²) in [4.78, 5) is 0. The van der Waals surface area contributed by atoms with Crippen LogP contribution in [0, 0.1) is 0 Å². The third-order valence-electron chi connectivity index (χ3n) is 1.32. The number of alkyl halides is 3. The minimum Gasteiger partial charge on any atom is -0.166 e. The molecule has 0 aromatic carbocycles. The third kappa shape index (κ3) is 2.97. The van der Waals surface area contributed by atoms with Crippen molar-refractivity contribution in [1.82, 2.24) is 0 Å². The van der Waals surface area contributed by atoms with Gasteiger partial charge in [-0.25, -0.2) is 0 Å². The summed E-state index contributed by atoms with van der Waals surface area (Å²) in [5.74, 6) is 0. The molecule has 0 atom stereocenters. The topological polar surface area (TPSA) is 0 Å². The second-order valence-corrected chi connectivity index (χ2v) is 2.14. The van der Waals surface area contributed by atoms with Gasteiger partial charge in [-0.05, 0) is 12.8 Å². The van der Waals surface area contributed by atoms with Crippen molar-refractivity contribution in [1.29, 1.82) is 0 Å². The first kappa shape index (κ1) is 10.6. The van der Waals surface area contributed by atoms with E-state index in [1.165, 1.54) is 6.08 Å². The highest BCUT2D eigenvalue weighted by molar-refractivity contribution is 5.85. The van der Waals surface area contributed by atoms with Crippen LogP contribution in [-0.2, 0) is 0 Å². The Kier molecular flexibility index (Phi) is 3.66. The number of rotatable bonds is 0. The molecule has 0 N–H and O–H groups in total. The Hall–Kier alpha value is -0.440. The zero-order valence-electron chi connectivity index (χ0n) is 5.69. The van der Waals surface area contributed by atoms with Gasteiger partial charge in [0.1, 0.15) is 0 Å². The smallest absolute Gasteiger partial charge is 0.166 e. The van der Waals surface area contributed by atoms with Gasteiger partial charge in [-0.3, -0.25) is 0 Å². The number of hydrogen-bond acceptors (Lipinski definition) is 0. The van der Waals surface area contributed by atoms with Crippen LogP contribution in [0.1, 0.15) is 12.8 Å². The van der Waals surface area contributed by atoms with Crippen LogP contribution in [-0.4, -0.2) is 6.18 Å². The van der Waals surface area contributed by atoms with E-state index in [1.54, 1.807) is 6.08 Å². The van der Waals surface area contributed by atoms with E-state index in [9.17, 15) is 13.2 Å². The van der Waals surface area contributed by atoms with Gasteiger partial charge in [-0.1, -0.05) is 18.2 Å². The summed E-state index contributed by atoms with van der Waals surface area (Å²) < 4.78 is 35.5. The molecule has 0 amide bonds. The van der Waals surface area contributed by atoms with E-state index in [4.69, 9.17) is 0 Å². The Morgan fingerprint density at radius 1 is 1.18 bits per heavy atom. The zero-order valence-corrected chi connectivity index (χ0v) is 6.50. The molecule has 0 radical (unpaired) electrons. The highest BCUT2D eigenvalue weighted by Gasteiger charge is 2.31. The number of halogens is 4. The van der Waals surface area contributed by atoms with Gasteiger partial charge in [0.15, 0.2) is 0 Å². The molecule has 0 aromatic rings. The van der Waals surface area contributed by atoms with Crippen LogP contribution in [0.4, 0.5) is 13.2 Å². The van der Waals surface area contributed by atoms with Gasteiger partial charge in [0.2, 0.25) is 0 Å². The molecule has 0 spiro atoms. The van der Waals surface area contributed by atoms with Crippen molar-refractivity contribution in [3.05, 3.63) is 23.8 Å². The maximum absolute atomic E-state index is 11.8. The summed E-state index contributed by atoms with van der Waals surface area (Å²) in [6.45, 7) is 0. The van der Waals surface area contributed by atoms with Gasteiger partial charge < -0.3 is 0 Å². The fraction of sp³-hybridized carbons (Fsp3) is 0.429. The minimum atomic E-state index is -4.16. The SMILES string of the molecule is Cl.FC(F)(F)C1=CCCC=C1. The molecule has 0 unspecified atom stereocenters. The van der Waals surface area contributed by atoms with Gasteiger partial charge in [0.25, 0.3) is 0 Å². The van der Waals surface area contributed by atoms with E-state index in [0.29, 0.717) is 6.42 Å². The number of allylic oxidation sites excluding steroid dienone is 4. The van der Waals surface area contributed by atoms with Gasteiger partial charge in [-0.15, -0.1) is 12.4 Å². The Labute approximate surface area is 69.2 Å². The average molecular weight is 185 g/mol. The molecule has 11 heavy (non-hydrogen) atoms. The second-order valence-electron chi connectivity index (χ2n) is 2.14. The first-order valence-corrected chi connectivity index (χ1v) is 3.04. The van der Waals surface area contributed by atoms with E-state index in [0.717, 1.165) is 12.5 Å². The van der Waals surface area contributed by atoms with E-state index in [-0.39, 0.29) is 12.4 Å². The Bertz CT molecular complexity index is 179. The van der Waals surface area contributed by atoms with E-state index in [2.05, 4.69) is 0 Å². The second kappa shape index (κ2) is 3.81. The zero-order chi connectivity index (χ0) is 7.61. The molecule has 1 aliphatic rings. The van der Waals surface area contributed by atoms with Crippen LogP contribution in [0.5, 0.6) is 0 Å². The van der Waals surface area contributed by atoms with Crippen molar-refractivity contribution in [3.8, 4) is 0 Å². The van der Waals surface area contributed by atoms with Crippen LogP contribution >= 0.6 is 12.4 Å². The average Bonchev–Trinajstić information content (AvgIpc) is 1.88. The van der Waals surface area contributed by atoms with Gasteiger partial charge in [0, 0.05) is 0 Å². The van der Waals surface area contributed by atoms with E-state index < -0.39 is 11.7 Å². The molecular formula is C7H8ClF3. The monoisotopic (exact) mass is 184 g/mol. The summed E-state index contributed by atoms with van der Waals surface area (Å²) >= 11 is 0. The van der Waals surface area contributed by atoms with Gasteiger partial charge >= 0.3 is 6.18 Å². The first-order valence-electron chi connectivity index (χ1n) is 3.04. The van der Waals surface area contributed by atoms with Gasteiger partial charge in [0.05, 0.1) is 5.57 Å². The summed E-state index contributed by atoms with van der Waals surface area (Å²) in [5, 5.41) is 0. The van der Waals surface area contributed by atoms with Crippen LogP contribution in [0.3, 0.4) is 0 Å². The molecule has 0 bridgehead atoms. The predicted molar refractivity (Wildman–Crippen MR) is 39.8 cm³/mol. The molecule has 0 saturated heterocycles. The van der Waals surface area contributed by atoms with Crippen molar-refractivity contribution >= 4 is 12.4 Å². The number of hydrogen-bond donors (Lipinski definition) is 0. The Balaban J connectivity index is 0.000001000.